The van der Waals surface area contributed by atoms with Gasteiger partial charge in [0.25, 0.3) is 5.91 Å². The van der Waals surface area contributed by atoms with Crippen LogP contribution in [0.3, 0.4) is 0 Å². The Morgan fingerprint density at radius 1 is 1.24 bits per heavy atom. The number of piperazine rings is 1. The van der Waals surface area contributed by atoms with Gasteiger partial charge in [-0.15, -0.1) is 0 Å². The van der Waals surface area contributed by atoms with Crippen molar-refractivity contribution in [2.24, 2.45) is 0 Å². The summed E-state index contributed by atoms with van der Waals surface area (Å²) in [5.74, 6) is 1.16. The van der Waals surface area contributed by atoms with E-state index in [4.69, 9.17) is 9.47 Å². The minimum Gasteiger partial charge on any atom is -0.493 e. The number of nitrogens with zero attached hydrogens (tertiary/aromatic N) is 2. The lowest BCUT2D eigenvalue weighted by Crippen LogP contribution is -2.50. The number of hydrogen-bond donors (Lipinski definition) is 1. The second kappa shape index (κ2) is 8.87. The Balaban J connectivity index is 2.18. The van der Waals surface area contributed by atoms with Crippen molar-refractivity contribution in [3.8, 4) is 11.5 Å². The van der Waals surface area contributed by atoms with Crippen LogP contribution < -0.4 is 9.47 Å². The monoisotopic (exact) mass is 348 g/mol. The molecular weight excluding hydrogens is 320 g/mol. The molecule has 1 amide bonds. The maximum absolute atomic E-state index is 12.9. The van der Waals surface area contributed by atoms with Gasteiger partial charge in [-0.1, -0.05) is 12.2 Å². The van der Waals surface area contributed by atoms with E-state index in [1.807, 2.05) is 30.0 Å². The number of ether oxygens (including phenoxy) is 2. The molecule has 1 atom stereocenters. The fourth-order valence-electron chi connectivity index (χ4n) is 3.11. The number of aliphatic hydroxyl groups excluding tert-OH is 1. The minimum atomic E-state index is -0.350. The van der Waals surface area contributed by atoms with Crippen molar-refractivity contribution in [1.82, 2.24) is 9.80 Å². The zero-order chi connectivity index (χ0) is 18.4. The number of benzene rings is 1. The first-order chi connectivity index (χ1) is 12.0. The van der Waals surface area contributed by atoms with Gasteiger partial charge in [0.2, 0.25) is 0 Å². The first-order valence-electron chi connectivity index (χ1n) is 8.58. The van der Waals surface area contributed by atoms with Crippen LogP contribution in [0.4, 0.5) is 0 Å². The highest BCUT2D eigenvalue weighted by Crippen LogP contribution is 2.34. The fraction of sp³-hybridized carbons (Fsp3) is 0.526. The Morgan fingerprint density at radius 2 is 1.92 bits per heavy atom. The molecule has 138 valence electrons. The second-order valence-corrected chi connectivity index (χ2v) is 6.24. The maximum Gasteiger partial charge on any atom is 0.254 e. The molecule has 0 saturated carbocycles. The van der Waals surface area contributed by atoms with Crippen molar-refractivity contribution >= 4 is 12.0 Å². The summed E-state index contributed by atoms with van der Waals surface area (Å²) in [6, 6.07) is 3.57. The quantitative estimate of drug-likeness (QED) is 0.850. The van der Waals surface area contributed by atoms with E-state index in [1.54, 1.807) is 27.2 Å². The van der Waals surface area contributed by atoms with E-state index in [9.17, 15) is 9.90 Å². The zero-order valence-corrected chi connectivity index (χ0v) is 15.5. The summed E-state index contributed by atoms with van der Waals surface area (Å²) in [7, 11) is 3.16. The minimum absolute atomic E-state index is 0.0107. The summed E-state index contributed by atoms with van der Waals surface area (Å²) >= 11 is 0. The average molecular weight is 348 g/mol. The molecule has 25 heavy (non-hydrogen) atoms. The summed E-state index contributed by atoms with van der Waals surface area (Å²) in [5, 5.41) is 9.49. The Morgan fingerprint density at radius 3 is 2.44 bits per heavy atom. The number of β-amino-alcohol motifs (C(OH)–C–C–N with tert-alkyl or cyclic N) is 1. The number of hydrogen-bond acceptors (Lipinski definition) is 5. The van der Waals surface area contributed by atoms with Gasteiger partial charge in [0, 0.05) is 43.9 Å². The SMILES string of the molecule is C/C=C/c1cc(C(=O)N2CCN(CC(C)O)CC2)cc(OC)c1OC. The smallest absolute Gasteiger partial charge is 0.254 e. The van der Waals surface area contributed by atoms with Crippen LogP contribution in [0.1, 0.15) is 29.8 Å². The Bertz CT molecular complexity index is 620. The molecule has 1 aromatic carbocycles. The lowest BCUT2D eigenvalue weighted by Gasteiger charge is -2.35. The molecule has 6 nitrogen and oxygen atoms in total. The Kier molecular flexibility index (Phi) is 6.84. The molecule has 0 spiro atoms. The molecule has 2 rings (SSSR count). The normalized spacial score (nSPS) is 16.9. The van der Waals surface area contributed by atoms with Crippen LogP contribution in [-0.4, -0.2) is 73.9 Å². The zero-order valence-electron chi connectivity index (χ0n) is 15.5. The third-order valence-electron chi connectivity index (χ3n) is 4.28. The van der Waals surface area contributed by atoms with E-state index >= 15 is 0 Å². The third-order valence-corrected chi connectivity index (χ3v) is 4.28. The van der Waals surface area contributed by atoms with Crippen molar-refractivity contribution < 1.29 is 19.4 Å². The molecule has 0 radical (unpaired) electrons. The lowest BCUT2D eigenvalue weighted by atomic mass is 10.1. The first kappa shape index (κ1) is 19.3. The van der Waals surface area contributed by atoms with Gasteiger partial charge in [-0.2, -0.15) is 0 Å². The molecular formula is C19H28N2O4. The predicted octanol–water partition coefficient (Wildman–Crippen LogP) is 1.88. The van der Waals surface area contributed by atoms with Gasteiger partial charge in [-0.25, -0.2) is 0 Å². The van der Waals surface area contributed by atoms with Gasteiger partial charge in [-0.05, 0) is 26.0 Å². The molecule has 1 heterocycles. The van der Waals surface area contributed by atoms with Crippen molar-refractivity contribution in [2.45, 2.75) is 20.0 Å². The third kappa shape index (κ3) is 4.74. The summed E-state index contributed by atoms with van der Waals surface area (Å²) in [6.07, 6.45) is 3.45. The molecule has 1 fully saturated rings. The fourth-order valence-corrected chi connectivity index (χ4v) is 3.11. The summed E-state index contributed by atoms with van der Waals surface area (Å²) < 4.78 is 10.8. The van der Waals surface area contributed by atoms with E-state index in [0.29, 0.717) is 36.7 Å². The topological polar surface area (TPSA) is 62.2 Å². The molecule has 1 aliphatic heterocycles. The van der Waals surface area contributed by atoms with Crippen molar-refractivity contribution in [3.05, 3.63) is 29.3 Å². The van der Waals surface area contributed by atoms with Gasteiger partial charge < -0.3 is 19.5 Å². The highest BCUT2D eigenvalue weighted by atomic mass is 16.5. The van der Waals surface area contributed by atoms with E-state index in [-0.39, 0.29) is 12.0 Å². The molecule has 0 aromatic heterocycles. The van der Waals surface area contributed by atoms with Gasteiger partial charge in [-0.3, -0.25) is 9.69 Å². The molecule has 1 saturated heterocycles. The van der Waals surface area contributed by atoms with Crippen LogP contribution in [0.2, 0.25) is 0 Å². The number of amides is 1. The van der Waals surface area contributed by atoms with Gasteiger partial charge in [0.15, 0.2) is 11.5 Å². The van der Waals surface area contributed by atoms with Crippen LogP contribution in [0.5, 0.6) is 11.5 Å². The van der Waals surface area contributed by atoms with Crippen LogP contribution in [0.25, 0.3) is 6.08 Å². The summed E-state index contributed by atoms with van der Waals surface area (Å²) in [6.45, 7) is 7.19. The summed E-state index contributed by atoms with van der Waals surface area (Å²) in [5.41, 5.74) is 1.41. The number of carbonyl (C=O) groups excluding carboxylic acids is 1. The predicted molar refractivity (Wildman–Crippen MR) is 98.3 cm³/mol. The maximum atomic E-state index is 12.9. The highest BCUT2D eigenvalue weighted by Gasteiger charge is 2.24. The van der Waals surface area contributed by atoms with Crippen molar-refractivity contribution in [1.29, 1.82) is 0 Å². The Labute approximate surface area is 149 Å². The molecule has 0 aliphatic carbocycles. The van der Waals surface area contributed by atoms with E-state index in [1.165, 1.54) is 0 Å². The van der Waals surface area contributed by atoms with Crippen LogP contribution in [0, 0.1) is 0 Å². The van der Waals surface area contributed by atoms with Crippen molar-refractivity contribution in [3.63, 3.8) is 0 Å². The first-order valence-corrected chi connectivity index (χ1v) is 8.58. The molecule has 0 bridgehead atoms. The van der Waals surface area contributed by atoms with Crippen molar-refractivity contribution in [2.75, 3.05) is 46.9 Å². The van der Waals surface area contributed by atoms with Gasteiger partial charge in [0.05, 0.1) is 20.3 Å². The van der Waals surface area contributed by atoms with Gasteiger partial charge in [0.1, 0.15) is 0 Å². The van der Waals surface area contributed by atoms with Crippen LogP contribution in [-0.2, 0) is 0 Å². The number of rotatable bonds is 6. The molecule has 6 heteroatoms. The van der Waals surface area contributed by atoms with E-state index in [2.05, 4.69) is 4.90 Å². The number of allylic oxidation sites excluding steroid dienone is 1. The van der Waals surface area contributed by atoms with Gasteiger partial charge >= 0.3 is 0 Å². The molecule has 1 N–H and O–H groups in total. The number of carbonyl (C=O) groups is 1. The van der Waals surface area contributed by atoms with E-state index in [0.717, 1.165) is 18.7 Å². The van der Waals surface area contributed by atoms with Crippen LogP contribution in [0.15, 0.2) is 18.2 Å². The standard InChI is InChI=1S/C19H28N2O4/c1-5-6-15-11-16(12-17(24-3)18(15)25-4)19(23)21-9-7-20(8-10-21)13-14(2)22/h5-6,11-12,14,22H,7-10,13H2,1-4H3/b6-5+. The average Bonchev–Trinajstić information content (AvgIpc) is 2.60. The molecule has 1 aliphatic rings. The highest BCUT2D eigenvalue weighted by molar-refractivity contribution is 5.96. The lowest BCUT2D eigenvalue weighted by molar-refractivity contribution is 0.0554. The van der Waals surface area contributed by atoms with Crippen LogP contribution >= 0.6 is 0 Å². The largest absolute Gasteiger partial charge is 0.493 e. The number of methoxy groups -OCH3 is 2. The summed E-state index contributed by atoms with van der Waals surface area (Å²) in [4.78, 5) is 16.9. The molecule has 1 unspecified atom stereocenters. The second-order valence-electron chi connectivity index (χ2n) is 6.24. The molecule has 1 aromatic rings. The van der Waals surface area contributed by atoms with E-state index < -0.39 is 0 Å². The Hall–Kier alpha value is -2.05. The number of aliphatic hydroxyl groups is 1.